The monoisotopic (exact) mass is 380 g/mol. The summed E-state index contributed by atoms with van der Waals surface area (Å²) in [5.74, 6) is -0.868. The van der Waals surface area contributed by atoms with Gasteiger partial charge in [0.2, 0.25) is 5.91 Å². The topological polar surface area (TPSA) is 94.3 Å². The number of piperidine rings is 1. The van der Waals surface area contributed by atoms with Crippen molar-refractivity contribution in [1.82, 2.24) is 10.6 Å². The van der Waals surface area contributed by atoms with Crippen LogP contribution in [0, 0.1) is 23.1 Å². The summed E-state index contributed by atoms with van der Waals surface area (Å²) < 4.78 is 14.6. The molecule has 1 saturated heterocycles. The number of allylic oxidation sites excluding steroid dienone is 1. The molecule has 3 aliphatic rings. The van der Waals surface area contributed by atoms with Crippen LogP contribution in [0.15, 0.2) is 35.3 Å². The van der Waals surface area contributed by atoms with Gasteiger partial charge in [-0.25, -0.2) is 9.38 Å². The van der Waals surface area contributed by atoms with Crippen LogP contribution in [0.25, 0.3) is 0 Å². The number of nitrogens with zero attached hydrogens (tertiary/aromatic N) is 2. The number of fused-ring (bicyclic) bond motifs is 2. The number of aliphatic imine (C=N–C) groups is 1. The van der Waals surface area contributed by atoms with Crippen LogP contribution < -0.4 is 10.6 Å². The first kappa shape index (κ1) is 18.5. The van der Waals surface area contributed by atoms with Gasteiger partial charge < -0.3 is 10.6 Å². The molecule has 2 aliphatic heterocycles. The first-order chi connectivity index (χ1) is 13.5. The molecule has 144 valence electrons. The van der Waals surface area contributed by atoms with Gasteiger partial charge in [-0.05, 0) is 42.4 Å². The van der Waals surface area contributed by atoms with Gasteiger partial charge in [-0.1, -0.05) is 18.2 Å². The van der Waals surface area contributed by atoms with Crippen LogP contribution in [0.3, 0.4) is 0 Å². The first-order valence-electron chi connectivity index (χ1n) is 9.54. The van der Waals surface area contributed by atoms with E-state index < -0.39 is 11.9 Å². The van der Waals surface area contributed by atoms with Gasteiger partial charge in [0.25, 0.3) is 5.91 Å². The van der Waals surface area contributed by atoms with Gasteiger partial charge in [-0.2, -0.15) is 5.26 Å². The Morgan fingerprint density at radius 1 is 1.43 bits per heavy atom. The summed E-state index contributed by atoms with van der Waals surface area (Å²) >= 11 is 0. The molecule has 5 atom stereocenters. The normalized spacial score (nSPS) is 28.9. The molecule has 2 bridgehead atoms. The smallest absolute Gasteiger partial charge is 0.269 e. The van der Waals surface area contributed by atoms with Crippen molar-refractivity contribution in [1.29, 1.82) is 5.26 Å². The van der Waals surface area contributed by atoms with Crippen LogP contribution >= 0.6 is 0 Å². The Bertz CT molecular complexity index is 888. The van der Waals surface area contributed by atoms with E-state index in [0.29, 0.717) is 23.1 Å². The van der Waals surface area contributed by atoms with E-state index in [-0.39, 0.29) is 30.2 Å². The summed E-state index contributed by atoms with van der Waals surface area (Å²) in [5, 5.41) is 15.5. The van der Waals surface area contributed by atoms with Gasteiger partial charge in [0.15, 0.2) is 0 Å². The standard InChI is InChI=1S/C21H21FN4O2/c22-18-9-12(15-4-6-19(27)24-11-15)1-2-13(18)7-17(10-23)26-21(28)20-14-3-5-16(8-14)25-20/h1-2,4,6,9,11,14-17,20,25H,3,5,7-8H2,(H,26,28)/t14-,15?,16+,17-,20-/m0/s1. The number of halogens is 1. The molecule has 2 N–H and O–H groups in total. The van der Waals surface area contributed by atoms with E-state index in [4.69, 9.17) is 0 Å². The van der Waals surface area contributed by atoms with Gasteiger partial charge in [-0.3, -0.25) is 9.59 Å². The highest BCUT2D eigenvalue weighted by molar-refractivity contribution is 5.98. The maximum atomic E-state index is 14.6. The van der Waals surface area contributed by atoms with Gasteiger partial charge in [0.1, 0.15) is 11.9 Å². The molecule has 2 heterocycles. The van der Waals surface area contributed by atoms with Crippen LogP contribution in [0.5, 0.6) is 0 Å². The lowest BCUT2D eigenvalue weighted by atomic mass is 9.95. The third-order valence-corrected chi connectivity index (χ3v) is 5.81. The predicted molar refractivity (Wildman–Crippen MR) is 101 cm³/mol. The van der Waals surface area contributed by atoms with E-state index in [9.17, 15) is 19.2 Å². The lowest BCUT2D eigenvalue weighted by Crippen LogP contribution is -2.50. The number of hydrogen-bond donors (Lipinski definition) is 2. The number of carbonyl (C=O) groups excluding carboxylic acids is 2. The van der Waals surface area contributed by atoms with E-state index in [1.807, 2.05) is 0 Å². The molecular weight excluding hydrogens is 359 g/mol. The second-order valence-electron chi connectivity index (χ2n) is 7.66. The minimum absolute atomic E-state index is 0.0995. The summed E-state index contributed by atoms with van der Waals surface area (Å²) in [5.41, 5.74) is 1.04. The molecule has 1 unspecified atom stereocenters. The van der Waals surface area contributed by atoms with E-state index in [0.717, 1.165) is 19.3 Å². The second kappa shape index (κ2) is 7.64. The molecular formula is C21H21FN4O2. The van der Waals surface area contributed by atoms with Crippen molar-refractivity contribution in [2.24, 2.45) is 10.9 Å². The second-order valence-corrected chi connectivity index (χ2v) is 7.66. The average Bonchev–Trinajstić information content (AvgIpc) is 3.33. The number of carbonyl (C=O) groups is 2. The fraction of sp³-hybridized carbons (Fsp3) is 0.429. The molecule has 1 saturated carbocycles. The molecule has 1 aromatic carbocycles. The summed E-state index contributed by atoms with van der Waals surface area (Å²) in [6.07, 6.45) is 7.76. The molecule has 4 rings (SSSR count). The minimum atomic E-state index is -0.789. The van der Waals surface area contributed by atoms with Crippen LogP contribution in [-0.2, 0) is 16.0 Å². The number of nitrogens with one attached hydrogen (secondary N) is 2. The van der Waals surface area contributed by atoms with Crippen molar-refractivity contribution in [3.8, 4) is 6.07 Å². The predicted octanol–water partition coefficient (Wildman–Crippen LogP) is 1.77. The summed E-state index contributed by atoms with van der Waals surface area (Å²) in [7, 11) is 0. The molecule has 0 aromatic heterocycles. The molecule has 2 amide bonds. The molecule has 0 spiro atoms. The summed E-state index contributed by atoms with van der Waals surface area (Å²) in [6.45, 7) is 0. The van der Waals surface area contributed by atoms with E-state index in [1.165, 1.54) is 18.4 Å². The first-order valence-corrected chi connectivity index (χ1v) is 9.54. The molecule has 6 nitrogen and oxygen atoms in total. The van der Waals surface area contributed by atoms with Gasteiger partial charge in [0, 0.05) is 30.7 Å². The van der Waals surface area contributed by atoms with Gasteiger partial charge in [-0.15, -0.1) is 0 Å². The van der Waals surface area contributed by atoms with Crippen LogP contribution in [0.4, 0.5) is 4.39 Å². The van der Waals surface area contributed by atoms with Crippen LogP contribution in [-0.4, -0.2) is 36.2 Å². The number of nitriles is 1. The van der Waals surface area contributed by atoms with E-state index in [2.05, 4.69) is 21.7 Å². The molecule has 7 heteroatoms. The van der Waals surface area contributed by atoms with Crippen molar-refractivity contribution in [3.05, 3.63) is 47.3 Å². The Labute approximate surface area is 162 Å². The Morgan fingerprint density at radius 2 is 2.29 bits per heavy atom. The van der Waals surface area contributed by atoms with Crippen LogP contribution in [0.2, 0.25) is 0 Å². The molecule has 2 fully saturated rings. The Hall–Kier alpha value is -2.85. The third-order valence-electron chi connectivity index (χ3n) is 5.81. The molecule has 1 aliphatic carbocycles. The van der Waals surface area contributed by atoms with E-state index in [1.54, 1.807) is 18.2 Å². The highest BCUT2D eigenvalue weighted by Crippen LogP contribution is 2.35. The number of benzene rings is 1. The maximum absolute atomic E-state index is 14.6. The average molecular weight is 380 g/mol. The Balaban J connectivity index is 1.40. The van der Waals surface area contributed by atoms with Crippen molar-refractivity contribution in [3.63, 3.8) is 0 Å². The minimum Gasteiger partial charge on any atom is -0.339 e. The summed E-state index contributed by atoms with van der Waals surface area (Å²) in [6, 6.07) is 6.19. The lowest BCUT2D eigenvalue weighted by molar-refractivity contribution is -0.124. The zero-order valence-corrected chi connectivity index (χ0v) is 15.3. The van der Waals surface area contributed by atoms with Crippen molar-refractivity contribution in [2.75, 3.05) is 0 Å². The Kier molecular flexibility index (Phi) is 5.05. The number of dihydropyridines is 1. The number of hydrogen-bond acceptors (Lipinski definition) is 4. The zero-order chi connectivity index (χ0) is 19.7. The largest absolute Gasteiger partial charge is 0.339 e. The van der Waals surface area contributed by atoms with E-state index >= 15 is 0 Å². The highest BCUT2D eigenvalue weighted by atomic mass is 19.1. The quantitative estimate of drug-likeness (QED) is 0.814. The molecule has 28 heavy (non-hydrogen) atoms. The van der Waals surface area contributed by atoms with Gasteiger partial charge >= 0.3 is 0 Å². The molecule has 0 radical (unpaired) electrons. The SMILES string of the molecule is N#C[C@H](Cc1ccc(C2C=CC(=O)N=C2)cc1F)NC(=O)[C@H]1N[C@@H]2CC[C@H]1C2. The van der Waals surface area contributed by atoms with Crippen molar-refractivity contribution >= 4 is 18.0 Å². The summed E-state index contributed by atoms with van der Waals surface area (Å²) in [4.78, 5) is 27.3. The number of amides is 2. The highest BCUT2D eigenvalue weighted by Gasteiger charge is 2.43. The van der Waals surface area contributed by atoms with Crippen LogP contribution in [0.1, 0.15) is 36.3 Å². The van der Waals surface area contributed by atoms with Gasteiger partial charge in [0.05, 0.1) is 12.1 Å². The lowest BCUT2D eigenvalue weighted by Gasteiger charge is -2.23. The molecule has 1 aromatic rings. The van der Waals surface area contributed by atoms with Crippen molar-refractivity contribution in [2.45, 2.75) is 49.7 Å². The fourth-order valence-electron chi connectivity index (χ4n) is 4.33. The number of rotatable bonds is 5. The van der Waals surface area contributed by atoms with Crippen molar-refractivity contribution < 1.29 is 14.0 Å². The third kappa shape index (κ3) is 3.73. The zero-order valence-electron chi connectivity index (χ0n) is 15.3. The fourth-order valence-corrected chi connectivity index (χ4v) is 4.33. The Morgan fingerprint density at radius 3 is 2.89 bits per heavy atom. The maximum Gasteiger partial charge on any atom is 0.269 e.